The number of amides is 1. The minimum Gasteiger partial charge on any atom is -0.355 e. The van der Waals surface area contributed by atoms with E-state index in [-0.39, 0.29) is 11.8 Å². The van der Waals surface area contributed by atoms with Crippen LogP contribution in [0.2, 0.25) is 0 Å². The van der Waals surface area contributed by atoms with Gasteiger partial charge in [0.1, 0.15) is 0 Å². The Hall–Kier alpha value is -1.65. The number of likely N-dealkylation sites (tertiary alicyclic amines) is 1. The molecule has 0 saturated carbocycles. The summed E-state index contributed by atoms with van der Waals surface area (Å²) in [5, 5.41) is 3.16. The number of rotatable bonds is 6. The maximum Gasteiger partial charge on any atom is 0.223 e. The fourth-order valence-electron chi connectivity index (χ4n) is 3.50. The predicted octanol–water partition coefficient (Wildman–Crippen LogP) is 4.58. The number of carbonyl (C=O) groups excluding carboxylic acids is 1. The van der Waals surface area contributed by atoms with Crippen LogP contribution in [0.3, 0.4) is 0 Å². The first-order valence-electron chi connectivity index (χ1n) is 9.41. The molecule has 0 spiro atoms. The normalized spacial score (nSPS) is 17.0. The van der Waals surface area contributed by atoms with Crippen molar-refractivity contribution in [2.24, 2.45) is 5.92 Å². The van der Waals surface area contributed by atoms with Crippen molar-refractivity contribution >= 4 is 21.8 Å². The van der Waals surface area contributed by atoms with Crippen LogP contribution in [-0.4, -0.2) is 30.4 Å². The number of carbonyl (C=O) groups is 1. The number of hydrogen-bond acceptors (Lipinski definition) is 2. The second kappa shape index (κ2) is 9.33. The molecule has 1 aliphatic heterocycles. The van der Waals surface area contributed by atoms with Gasteiger partial charge in [0.05, 0.1) is 0 Å². The van der Waals surface area contributed by atoms with E-state index in [2.05, 4.69) is 81.6 Å². The van der Waals surface area contributed by atoms with E-state index in [1.165, 1.54) is 11.1 Å². The molecule has 2 aromatic carbocycles. The highest BCUT2D eigenvalue weighted by Gasteiger charge is 2.25. The summed E-state index contributed by atoms with van der Waals surface area (Å²) in [6.45, 7) is 5.82. The Bertz CT molecular complexity index is 694. The van der Waals surface area contributed by atoms with Gasteiger partial charge in [-0.15, -0.1) is 0 Å². The molecule has 1 saturated heterocycles. The Morgan fingerprint density at radius 1 is 1.12 bits per heavy atom. The molecule has 1 atom stereocenters. The van der Waals surface area contributed by atoms with Crippen molar-refractivity contribution in [3.63, 3.8) is 0 Å². The lowest BCUT2D eigenvalue weighted by molar-refractivity contribution is -0.126. The Labute approximate surface area is 164 Å². The zero-order chi connectivity index (χ0) is 18.4. The molecule has 3 nitrogen and oxygen atoms in total. The third-order valence-corrected chi connectivity index (χ3v) is 5.76. The summed E-state index contributed by atoms with van der Waals surface area (Å²) in [6.07, 6.45) is 1.89. The van der Waals surface area contributed by atoms with E-state index in [1.54, 1.807) is 0 Å². The van der Waals surface area contributed by atoms with Gasteiger partial charge in [0, 0.05) is 23.5 Å². The molecule has 1 fully saturated rings. The van der Waals surface area contributed by atoms with E-state index < -0.39 is 0 Å². The third kappa shape index (κ3) is 5.42. The van der Waals surface area contributed by atoms with E-state index in [0.717, 1.165) is 36.9 Å². The average molecular weight is 415 g/mol. The minimum absolute atomic E-state index is 0.152. The van der Waals surface area contributed by atoms with Crippen molar-refractivity contribution in [1.29, 1.82) is 0 Å². The first kappa shape index (κ1) is 19.1. The number of piperidine rings is 1. The lowest BCUT2D eigenvalue weighted by Gasteiger charge is -2.31. The summed E-state index contributed by atoms with van der Waals surface area (Å²) in [5.74, 6) is 0.716. The van der Waals surface area contributed by atoms with E-state index in [1.807, 2.05) is 6.07 Å². The summed E-state index contributed by atoms with van der Waals surface area (Å²) in [7, 11) is 0. The monoisotopic (exact) mass is 414 g/mol. The molecule has 2 aromatic rings. The molecule has 3 rings (SSSR count). The smallest absolute Gasteiger partial charge is 0.223 e. The van der Waals surface area contributed by atoms with Gasteiger partial charge in [-0.25, -0.2) is 0 Å². The van der Waals surface area contributed by atoms with Gasteiger partial charge >= 0.3 is 0 Å². The highest BCUT2D eigenvalue weighted by molar-refractivity contribution is 9.10. The molecule has 0 aliphatic carbocycles. The molecule has 0 aromatic heterocycles. The van der Waals surface area contributed by atoms with Crippen molar-refractivity contribution in [1.82, 2.24) is 10.2 Å². The number of halogens is 1. The van der Waals surface area contributed by atoms with Crippen molar-refractivity contribution < 1.29 is 4.79 Å². The van der Waals surface area contributed by atoms with Crippen LogP contribution in [0.25, 0.3) is 0 Å². The molecule has 1 amide bonds. The van der Waals surface area contributed by atoms with Crippen molar-refractivity contribution in [2.75, 3.05) is 19.6 Å². The predicted molar refractivity (Wildman–Crippen MR) is 110 cm³/mol. The fraction of sp³-hybridized carbons (Fsp3) is 0.409. The summed E-state index contributed by atoms with van der Waals surface area (Å²) in [6, 6.07) is 18.9. The fourth-order valence-corrected chi connectivity index (χ4v) is 3.76. The topological polar surface area (TPSA) is 32.3 Å². The van der Waals surface area contributed by atoms with Gasteiger partial charge in [-0.05, 0) is 55.1 Å². The molecule has 0 radical (unpaired) electrons. The highest BCUT2D eigenvalue weighted by atomic mass is 79.9. The lowest BCUT2D eigenvalue weighted by Crippen LogP contribution is -2.41. The molecule has 0 bridgehead atoms. The van der Waals surface area contributed by atoms with Gasteiger partial charge in [0.2, 0.25) is 5.91 Å². The zero-order valence-electron chi connectivity index (χ0n) is 15.3. The molecule has 1 heterocycles. The van der Waals surface area contributed by atoms with Crippen LogP contribution in [0.1, 0.15) is 36.8 Å². The van der Waals surface area contributed by atoms with E-state index in [9.17, 15) is 4.79 Å². The molecule has 26 heavy (non-hydrogen) atoms. The van der Waals surface area contributed by atoms with Crippen molar-refractivity contribution in [2.45, 2.75) is 32.2 Å². The molecular formula is C22H27BrN2O. The molecule has 4 heteroatoms. The van der Waals surface area contributed by atoms with Crippen LogP contribution < -0.4 is 5.32 Å². The van der Waals surface area contributed by atoms with Crippen molar-refractivity contribution in [3.05, 3.63) is 70.2 Å². The number of benzene rings is 2. The third-order valence-electron chi connectivity index (χ3n) is 5.23. The molecule has 1 aliphatic rings. The van der Waals surface area contributed by atoms with E-state index in [4.69, 9.17) is 0 Å². The first-order chi connectivity index (χ1) is 12.6. The summed E-state index contributed by atoms with van der Waals surface area (Å²) in [4.78, 5) is 14.9. The molecular weight excluding hydrogens is 388 g/mol. The Kier molecular flexibility index (Phi) is 6.86. The second-order valence-corrected chi connectivity index (χ2v) is 8.15. The van der Waals surface area contributed by atoms with Gasteiger partial charge in [-0.2, -0.15) is 0 Å². The maximum atomic E-state index is 12.5. The summed E-state index contributed by atoms with van der Waals surface area (Å²) in [5.41, 5.74) is 2.60. The zero-order valence-corrected chi connectivity index (χ0v) is 16.9. The van der Waals surface area contributed by atoms with Crippen LogP contribution in [0.5, 0.6) is 0 Å². The average Bonchev–Trinajstić information content (AvgIpc) is 2.69. The highest BCUT2D eigenvalue weighted by Crippen LogP contribution is 2.21. The largest absolute Gasteiger partial charge is 0.355 e. The van der Waals surface area contributed by atoms with Crippen LogP contribution in [-0.2, 0) is 11.3 Å². The van der Waals surface area contributed by atoms with E-state index in [0.29, 0.717) is 12.5 Å². The Balaban J connectivity index is 1.41. The minimum atomic E-state index is 0.152. The van der Waals surface area contributed by atoms with E-state index >= 15 is 0 Å². The van der Waals surface area contributed by atoms with Gasteiger partial charge in [0.15, 0.2) is 0 Å². The lowest BCUT2D eigenvalue weighted by atomic mass is 9.95. The SMILES string of the molecule is CC(CNC(=O)C1CCN(Cc2ccc(Br)cc2)CC1)c1ccccc1. The van der Waals surface area contributed by atoms with Crippen LogP contribution in [0.15, 0.2) is 59.1 Å². The van der Waals surface area contributed by atoms with Crippen LogP contribution in [0.4, 0.5) is 0 Å². The van der Waals surface area contributed by atoms with Gasteiger partial charge in [-0.1, -0.05) is 65.3 Å². The number of nitrogens with one attached hydrogen (secondary N) is 1. The van der Waals surface area contributed by atoms with Crippen molar-refractivity contribution in [3.8, 4) is 0 Å². The quantitative estimate of drug-likeness (QED) is 0.749. The van der Waals surface area contributed by atoms with Gasteiger partial charge in [0.25, 0.3) is 0 Å². The summed E-state index contributed by atoms with van der Waals surface area (Å²) < 4.78 is 1.11. The first-order valence-corrected chi connectivity index (χ1v) is 10.2. The maximum absolute atomic E-state index is 12.5. The summed E-state index contributed by atoms with van der Waals surface area (Å²) >= 11 is 3.48. The van der Waals surface area contributed by atoms with Gasteiger partial charge in [-0.3, -0.25) is 9.69 Å². The Morgan fingerprint density at radius 3 is 2.42 bits per heavy atom. The standard InChI is InChI=1S/C22H27BrN2O/c1-17(19-5-3-2-4-6-19)15-24-22(26)20-11-13-25(14-12-20)16-18-7-9-21(23)10-8-18/h2-10,17,20H,11-16H2,1H3,(H,24,26). The van der Waals surface area contributed by atoms with Gasteiger partial charge < -0.3 is 5.32 Å². The number of hydrogen-bond donors (Lipinski definition) is 1. The number of nitrogens with zero attached hydrogens (tertiary/aromatic N) is 1. The second-order valence-electron chi connectivity index (χ2n) is 7.23. The Morgan fingerprint density at radius 2 is 1.77 bits per heavy atom. The molecule has 1 unspecified atom stereocenters. The van der Waals surface area contributed by atoms with Crippen LogP contribution >= 0.6 is 15.9 Å². The molecule has 1 N–H and O–H groups in total. The molecule has 138 valence electrons. The van der Waals surface area contributed by atoms with Crippen LogP contribution in [0, 0.1) is 5.92 Å².